The molecule has 0 amide bonds. The summed E-state index contributed by atoms with van der Waals surface area (Å²) in [5, 5.41) is 0. The fraction of sp³-hybridized carbons (Fsp3) is 1.00. The molecule has 0 N–H and O–H groups in total. The summed E-state index contributed by atoms with van der Waals surface area (Å²) in [6.07, 6.45) is 0. The molecule has 0 bridgehead atoms. The van der Waals surface area contributed by atoms with Crippen molar-refractivity contribution in [1.29, 1.82) is 0 Å². The van der Waals surface area contributed by atoms with Crippen molar-refractivity contribution in [3.8, 4) is 0 Å². The molecule has 8 unspecified atom stereocenters. The summed E-state index contributed by atoms with van der Waals surface area (Å²) >= 11 is 33.0. The summed E-state index contributed by atoms with van der Waals surface area (Å²) in [6.45, 7) is -3.88. The third kappa shape index (κ3) is 0.205. The minimum atomic E-state index is -3.88. The molecule has 10 saturated heterocycles. The predicted molar refractivity (Wildman–Crippen MR) is 128 cm³/mol. The molecule has 0 aromatic heterocycles. The van der Waals surface area contributed by atoms with Crippen LogP contribution in [0.4, 0.5) is 0 Å². The van der Waals surface area contributed by atoms with Crippen LogP contribution in [0.25, 0.3) is 0 Å². The summed E-state index contributed by atoms with van der Waals surface area (Å²) in [6, 6.07) is 0. The summed E-state index contributed by atoms with van der Waals surface area (Å²) in [4.78, 5) is 6.63. The van der Waals surface area contributed by atoms with Crippen LogP contribution in [0.1, 0.15) is 0 Å². The average molecular weight is 864 g/mol. The van der Waals surface area contributed by atoms with E-state index < -0.39 is 6.51 Å². The number of rotatable bonds is 4. The van der Waals surface area contributed by atoms with E-state index in [9.17, 15) is 0 Å². The molecule has 10 aliphatic heterocycles. The molecule has 13 heteroatoms. The van der Waals surface area contributed by atoms with Gasteiger partial charge in [0, 0.05) is 0 Å². The van der Waals surface area contributed by atoms with Crippen LogP contribution in [-0.4, -0.2) is 17.4 Å². The molecule has 8 atom stereocenters. The Morgan fingerprint density at radius 2 is 0.696 bits per heavy atom. The maximum absolute atomic E-state index is 4.13. The van der Waals surface area contributed by atoms with Gasteiger partial charge in [0.1, 0.15) is 0 Å². The van der Waals surface area contributed by atoms with Crippen LogP contribution in [0, 0.1) is 0 Å². The Bertz CT molecular complexity index is 1090. The summed E-state index contributed by atoms with van der Waals surface area (Å²) in [5.74, 6) is 0. The van der Waals surface area contributed by atoms with Gasteiger partial charge in [-0.05, 0) is 0 Å². The molecule has 10 fully saturated rings. The van der Waals surface area contributed by atoms with E-state index in [1.807, 2.05) is 0 Å². The molecule has 122 valence electrons. The van der Waals surface area contributed by atoms with Crippen molar-refractivity contribution in [1.82, 2.24) is 0 Å². The fourth-order valence-electron chi connectivity index (χ4n) is 20.3. The van der Waals surface area contributed by atoms with Crippen LogP contribution in [0.15, 0.2) is 0 Å². The summed E-state index contributed by atoms with van der Waals surface area (Å²) in [5.41, 5.74) is 0. The first-order valence-electron chi connectivity index (χ1n) is 7.81. The predicted octanol–water partition coefficient (Wildman–Crippen LogP) is 8.13. The molecule has 0 radical (unpaired) electrons. The minimum absolute atomic E-state index is 0.540. The molecular formula is C10H6B4Br8Fe. The van der Waals surface area contributed by atoms with Gasteiger partial charge in [0.15, 0.2) is 0 Å². The van der Waals surface area contributed by atoms with E-state index in [4.69, 9.17) is 0 Å². The Morgan fingerprint density at radius 1 is 0.478 bits per heavy atom. The van der Waals surface area contributed by atoms with Gasteiger partial charge in [0.05, 0.1) is 0 Å². The van der Waals surface area contributed by atoms with Gasteiger partial charge in [-0.3, -0.25) is 0 Å². The second kappa shape index (κ2) is 1.63. The normalized spacial score (nSPS) is 101. The Hall–Kier alpha value is 4.62. The van der Waals surface area contributed by atoms with Gasteiger partial charge in [-0.2, -0.15) is 0 Å². The van der Waals surface area contributed by atoms with E-state index in [0.717, 1.165) is 28.9 Å². The summed E-state index contributed by atoms with van der Waals surface area (Å²) < 4.78 is 4.88. The quantitative estimate of drug-likeness (QED) is 0.251. The average Bonchev–Trinajstić information content (AvgIpc) is 3.39. The second-order valence-electron chi connectivity index (χ2n) is 11.4. The first-order chi connectivity index (χ1) is 10.5. The van der Waals surface area contributed by atoms with Crippen LogP contribution >= 0.6 is 126 Å². The van der Waals surface area contributed by atoms with E-state index in [1.54, 1.807) is 0 Å². The van der Waals surface area contributed by atoms with Crippen molar-refractivity contribution >= 4 is 143 Å². The van der Waals surface area contributed by atoms with Crippen molar-refractivity contribution in [3.05, 3.63) is 0 Å². The number of hydrogen-bond acceptors (Lipinski definition) is 0. The number of fused-ring (bicyclic) bond motifs is 10. The Kier molecular flexibility index (Phi) is 1.03. The van der Waals surface area contributed by atoms with E-state index in [0.29, 0.717) is 34.3 Å². The number of halogens is 8. The van der Waals surface area contributed by atoms with Gasteiger partial charge in [0.25, 0.3) is 0 Å². The maximum atomic E-state index is 4.13. The van der Waals surface area contributed by atoms with Gasteiger partial charge in [-0.25, -0.2) is 0 Å². The molecule has 10 heterocycles. The molecular weight excluding hydrogens is 858 g/mol. The van der Waals surface area contributed by atoms with Crippen molar-refractivity contribution in [2.75, 3.05) is 0 Å². The van der Waals surface area contributed by atoms with E-state index in [2.05, 4.69) is 126 Å². The van der Waals surface area contributed by atoms with Crippen molar-refractivity contribution in [3.63, 3.8) is 0 Å². The molecule has 10 rings (SSSR count). The van der Waals surface area contributed by atoms with Gasteiger partial charge in [-0.15, -0.1) is 0 Å². The van der Waals surface area contributed by atoms with Gasteiger partial charge >= 0.3 is 196 Å². The van der Waals surface area contributed by atoms with Crippen LogP contribution in [0.3, 0.4) is 0 Å². The molecule has 10 aliphatic rings. The standard InChI is InChI=1S/2C5H3B2Br4.Fe/c2*8-6(9)4-1-2-5(3-4)7(10)11;/h2*1-3H;. The third-order valence-electron chi connectivity index (χ3n) is 16.8. The third-order valence-corrected chi connectivity index (χ3v) is 70.7. The van der Waals surface area contributed by atoms with Crippen LogP contribution in [0.2, 0.25) is 45.7 Å². The van der Waals surface area contributed by atoms with Gasteiger partial charge in [-0.1, -0.05) is 0 Å². The van der Waals surface area contributed by atoms with Crippen molar-refractivity contribution < 1.29 is 6.51 Å². The van der Waals surface area contributed by atoms with E-state index in [1.165, 1.54) is 0 Å². The first kappa shape index (κ1) is 14.6. The zero-order valence-electron chi connectivity index (χ0n) is 11.2. The molecule has 0 saturated carbocycles. The zero-order valence-corrected chi connectivity index (χ0v) is 24.9. The van der Waals surface area contributed by atoms with Crippen LogP contribution in [-0.2, 0) is 6.51 Å². The summed E-state index contributed by atoms with van der Waals surface area (Å²) in [7, 11) is 0. The molecule has 23 heavy (non-hydrogen) atoms. The van der Waals surface area contributed by atoms with Crippen LogP contribution in [0.5, 0.6) is 0 Å². The topological polar surface area (TPSA) is 0 Å². The first-order valence-corrected chi connectivity index (χ1v) is 21.2. The van der Waals surface area contributed by atoms with Gasteiger partial charge < -0.3 is 0 Å². The van der Waals surface area contributed by atoms with Crippen molar-refractivity contribution in [2.24, 2.45) is 0 Å². The molecule has 0 nitrogen and oxygen atoms in total. The van der Waals surface area contributed by atoms with E-state index in [-0.39, 0.29) is 0 Å². The molecule has 0 aliphatic carbocycles. The van der Waals surface area contributed by atoms with Gasteiger partial charge in [0.2, 0.25) is 0 Å². The van der Waals surface area contributed by atoms with E-state index >= 15 is 0 Å². The number of hydrogen-bond donors (Lipinski definition) is 0. The molecule has 0 aromatic carbocycles. The monoisotopic (exact) mass is 857 g/mol. The van der Waals surface area contributed by atoms with Crippen molar-refractivity contribution in [2.45, 2.75) is 45.7 Å². The fourth-order valence-corrected chi connectivity index (χ4v) is 135. The SMILES string of the molecule is BrB(Br)[C]12[CH]3[CH]4[C]5(B(Br)Br)[CH]1[Fe]34251678[CH]2[CH]1[C]6(B(Br)Br)[CH]7[C]28B(Br)Br. The Labute approximate surface area is 192 Å². The van der Waals surface area contributed by atoms with Crippen LogP contribution < -0.4 is 0 Å². The Balaban J connectivity index is 1.59. The Morgan fingerprint density at radius 3 is 0.826 bits per heavy atom. The molecule has 1 spiro atoms. The second-order valence-corrected chi connectivity index (χ2v) is 46.3. The zero-order chi connectivity index (χ0) is 16.1. The molecule has 0 aromatic rings.